The molecule has 0 amide bonds. The van der Waals surface area contributed by atoms with Crippen molar-refractivity contribution in [1.29, 1.82) is 0 Å². The second-order valence-corrected chi connectivity index (χ2v) is 6.65. The van der Waals surface area contributed by atoms with Gasteiger partial charge in [0.2, 0.25) is 0 Å². The van der Waals surface area contributed by atoms with E-state index < -0.39 is 0 Å². The topological polar surface area (TPSA) is 68.0 Å². The van der Waals surface area contributed by atoms with E-state index in [4.69, 9.17) is 13.9 Å². The maximum absolute atomic E-state index is 5.90. The lowest BCUT2D eigenvalue weighted by molar-refractivity contribution is 0.105. The van der Waals surface area contributed by atoms with Gasteiger partial charge in [0.1, 0.15) is 18.1 Å². The molecule has 6 heteroatoms. The molecular weight excluding hydrogens is 342 g/mol. The minimum atomic E-state index is 0.496. The van der Waals surface area contributed by atoms with Crippen LogP contribution in [-0.4, -0.2) is 32.8 Å². The Morgan fingerprint density at radius 3 is 2.74 bits per heavy atom. The summed E-state index contributed by atoms with van der Waals surface area (Å²) in [5.74, 6) is 3.02. The number of furan rings is 1. The van der Waals surface area contributed by atoms with Gasteiger partial charge in [0.15, 0.2) is 5.96 Å². The molecule has 1 aromatic heterocycles. The van der Waals surface area contributed by atoms with Crippen LogP contribution in [0.3, 0.4) is 0 Å². The van der Waals surface area contributed by atoms with Crippen molar-refractivity contribution >= 4 is 5.96 Å². The largest absolute Gasteiger partial charge is 0.493 e. The van der Waals surface area contributed by atoms with Crippen LogP contribution in [0.25, 0.3) is 0 Å². The zero-order valence-electron chi connectivity index (χ0n) is 16.5. The van der Waals surface area contributed by atoms with Gasteiger partial charge in [-0.05, 0) is 30.5 Å². The average molecular weight is 373 g/mol. The Bertz CT molecular complexity index is 669. The monoisotopic (exact) mass is 373 g/mol. The summed E-state index contributed by atoms with van der Waals surface area (Å²) in [6, 6.07) is 11.9. The number of hydrogen-bond donors (Lipinski definition) is 2. The number of hydrogen-bond acceptors (Lipinski definition) is 4. The smallest absolute Gasteiger partial charge is 0.191 e. The summed E-state index contributed by atoms with van der Waals surface area (Å²) in [5, 5.41) is 6.63. The van der Waals surface area contributed by atoms with Gasteiger partial charge < -0.3 is 24.5 Å². The zero-order chi connectivity index (χ0) is 19.3. The fourth-order valence-electron chi connectivity index (χ4n) is 2.40. The van der Waals surface area contributed by atoms with Gasteiger partial charge in [0, 0.05) is 32.3 Å². The Balaban J connectivity index is 1.66. The van der Waals surface area contributed by atoms with Crippen molar-refractivity contribution in [3.8, 4) is 5.75 Å². The van der Waals surface area contributed by atoms with Crippen LogP contribution in [0.15, 0.2) is 52.1 Å². The molecule has 0 fully saturated rings. The average Bonchev–Trinajstić information content (AvgIpc) is 3.19. The first-order chi connectivity index (χ1) is 13.2. The van der Waals surface area contributed by atoms with Crippen LogP contribution in [-0.2, 0) is 17.9 Å². The van der Waals surface area contributed by atoms with E-state index in [2.05, 4.69) is 35.5 Å². The molecule has 148 valence electrons. The van der Waals surface area contributed by atoms with E-state index in [9.17, 15) is 0 Å². The highest BCUT2D eigenvalue weighted by Gasteiger charge is 2.05. The van der Waals surface area contributed by atoms with Crippen LogP contribution in [0.1, 0.15) is 31.6 Å². The summed E-state index contributed by atoms with van der Waals surface area (Å²) < 4.78 is 16.7. The van der Waals surface area contributed by atoms with Crippen molar-refractivity contribution in [2.45, 2.75) is 33.4 Å². The van der Waals surface area contributed by atoms with Gasteiger partial charge in [-0.3, -0.25) is 4.99 Å². The number of nitrogens with one attached hydrogen (secondary N) is 2. The van der Waals surface area contributed by atoms with E-state index in [-0.39, 0.29) is 0 Å². The lowest BCUT2D eigenvalue weighted by atomic mass is 10.2. The fraction of sp³-hybridized carbons (Fsp3) is 0.476. The Labute approximate surface area is 162 Å². The minimum Gasteiger partial charge on any atom is -0.493 e. The molecular formula is C21H31N3O3. The highest BCUT2D eigenvalue weighted by molar-refractivity contribution is 5.79. The van der Waals surface area contributed by atoms with Crippen molar-refractivity contribution in [3.05, 3.63) is 54.0 Å². The third-order valence-electron chi connectivity index (χ3n) is 3.80. The predicted molar refractivity (Wildman–Crippen MR) is 108 cm³/mol. The first-order valence-corrected chi connectivity index (χ1v) is 9.44. The SMILES string of the molecule is CN=C(NCCCOCc1ccco1)NCc1ccccc1OCC(C)C. The summed E-state index contributed by atoms with van der Waals surface area (Å²) >= 11 is 0. The van der Waals surface area contributed by atoms with Crippen molar-refractivity contribution < 1.29 is 13.9 Å². The molecule has 0 aliphatic heterocycles. The number of rotatable bonds is 11. The van der Waals surface area contributed by atoms with Gasteiger partial charge >= 0.3 is 0 Å². The first-order valence-electron chi connectivity index (χ1n) is 9.44. The third-order valence-corrected chi connectivity index (χ3v) is 3.80. The zero-order valence-corrected chi connectivity index (χ0v) is 16.5. The second-order valence-electron chi connectivity index (χ2n) is 6.65. The van der Waals surface area contributed by atoms with Gasteiger partial charge in [-0.25, -0.2) is 0 Å². The predicted octanol–water partition coefficient (Wildman–Crippen LogP) is 3.59. The van der Waals surface area contributed by atoms with Gasteiger partial charge in [-0.2, -0.15) is 0 Å². The van der Waals surface area contributed by atoms with Crippen LogP contribution < -0.4 is 15.4 Å². The number of aliphatic imine (C=N–C) groups is 1. The number of benzene rings is 1. The van der Waals surface area contributed by atoms with E-state index in [1.807, 2.05) is 30.3 Å². The molecule has 2 N–H and O–H groups in total. The summed E-state index contributed by atoms with van der Waals surface area (Å²) in [6.07, 6.45) is 2.54. The summed E-state index contributed by atoms with van der Waals surface area (Å²) in [4.78, 5) is 4.26. The summed E-state index contributed by atoms with van der Waals surface area (Å²) in [7, 11) is 1.77. The van der Waals surface area contributed by atoms with Crippen LogP contribution >= 0.6 is 0 Å². The van der Waals surface area contributed by atoms with E-state index >= 15 is 0 Å². The Morgan fingerprint density at radius 1 is 1.15 bits per heavy atom. The number of nitrogens with zero attached hydrogens (tertiary/aromatic N) is 1. The van der Waals surface area contributed by atoms with Crippen molar-refractivity contribution in [2.75, 3.05) is 26.8 Å². The molecule has 27 heavy (non-hydrogen) atoms. The third kappa shape index (κ3) is 8.17. The number of ether oxygens (including phenoxy) is 2. The molecule has 0 spiro atoms. The molecule has 0 aliphatic carbocycles. The van der Waals surface area contributed by atoms with E-state index in [0.29, 0.717) is 32.3 Å². The minimum absolute atomic E-state index is 0.496. The number of para-hydroxylation sites is 1. The molecule has 0 atom stereocenters. The Kier molecular flexibility index (Phi) is 9.27. The van der Waals surface area contributed by atoms with Crippen LogP contribution in [0.2, 0.25) is 0 Å². The van der Waals surface area contributed by atoms with Gasteiger partial charge in [0.05, 0.1) is 12.9 Å². The van der Waals surface area contributed by atoms with E-state index in [0.717, 1.165) is 36.0 Å². The molecule has 0 aliphatic rings. The van der Waals surface area contributed by atoms with Crippen molar-refractivity contribution in [3.63, 3.8) is 0 Å². The summed E-state index contributed by atoms with van der Waals surface area (Å²) in [5.41, 5.74) is 1.11. The van der Waals surface area contributed by atoms with Crippen LogP contribution in [0, 0.1) is 5.92 Å². The van der Waals surface area contributed by atoms with E-state index in [1.54, 1.807) is 13.3 Å². The Morgan fingerprint density at radius 2 is 2.00 bits per heavy atom. The molecule has 0 radical (unpaired) electrons. The second kappa shape index (κ2) is 12.0. The lowest BCUT2D eigenvalue weighted by Crippen LogP contribution is -2.37. The van der Waals surface area contributed by atoms with Crippen LogP contribution in [0.4, 0.5) is 0 Å². The molecule has 0 unspecified atom stereocenters. The summed E-state index contributed by atoms with van der Waals surface area (Å²) in [6.45, 7) is 7.61. The van der Waals surface area contributed by atoms with Gasteiger partial charge in [-0.15, -0.1) is 0 Å². The first kappa shape index (κ1) is 20.8. The molecule has 0 bridgehead atoms. The molecule has 2 rings (SSSR count). The molecule has 2 aromatic rings. The molecule has 1 heterocycles. The van der Waals surface area contributed by atoms with Crippen molar-refractivity contribution in [1.82, 2.24) is 10.6 Å². The fourth-order valence-corrected chi connectivity index (χ4v) is 2.40. The highest BCUT2D eigenvalue weighted by Crippen LogP contribution is 2.18. The molecule has 0 saturated heterocycles. The quantitative estimate of drug-likeness (QED) is 0.358. The standard InChI is InChI=1S/C21H31N3O3/c1-17(2)15-27-20-10-5-4-8-18(20)14-24-21(22-3)23-11-7-12-25-16-19-9-6-13-26-19/h4-6,8-10,13,17H,7,11-12,14-16H2,1-3H3,(H2,22,23,24). The maximum Gasteiger partial charge on any atom is 0.191 e. The van der Waals surface area contributed by atoms with Crippen LogP contribution in [0.5, 0.6) is 5.75 Å². The Hall–Kier alpha value is -2.47. The normalized spacial score (nSPS) is 11.6. The van der Waals surface area contributed by atoms with Gasteiger partial charge in [0.25, 0.3) is 0 Å². The van der Waals surface area contributed by atoms with E-state index in [1.165, 1.54) is 0 Å². The molecule has 1 aromatic carbocycles. The molecule has 0 saturated carbocycles. The lowest BCUT2D eigenvalue weighted by Gasteiger charge is -2.15. The molecule has 6 nitrogen and oxygen atoms in total. The number of guanidine groups is 1. The highest BCUT2D eigenvalue weighted by atomic mass is 16.5. The maximum atomic E-state index is 5.90. The van der Waals surface area contributed by atoms with Gasteiger partial charge in [-0.1, -0.05) is 32.0 Å². The van der Waals surface area contributed by atoms with Crippen molar-refractivity contribution in [2.24, 2.45) is 10.9 Å².